The number of aromatic nitrogens is 2. The molecule has 0 bridgehead atoms. The van der Waals surface area contributed by atoms with E-state index in [4.69, 9.17) is 11.1 Å². The van der Waals surface area contributed by atoms with Gasteiger partial charge in [-0.1, -0.05) is 0 Å². The van der Waals surface area contributed by atoms with E-state index >= 15 is 0 Å². The molecule has 0 unspecified atom stereocenters. The number of hydrogen-bond donors (Lipinski definition) is 2. The third-order valence-corrected chi connectivity index (χ3v) is 9.25. The maximum atomic E-state index is 13.3. The van der Waals surface area contributed by atoms with Crippen LogP contribution in [0.15, 0.2) is 43.0 Å². The smallest absolute Gasteiger partial charge is 0.208 e. The lowest BCUT2D eigenvalue weighted by Gasteiger charge is -2.08. The number of nitrogens with one attached hydrogen (secondary N) is 1. The zero-order valence-electron chi connectivity index (χ0n) is 14.4. The molecule has 0 atom stereocenters. The summed E-state index contributed by atoms with van der Waals surface area (Å²) in [6.07, 6.45) is 6.03. The summed E-state index contributed by atoms with van der Waals surface area (Å²) < 4.78 is 30.2. The molecular weight excluding hydrogens is 468 g/mol. The standard InChI is InChI=1S/C17H17BrN4O2S3/c1-25-14-6-13(16(26-14)17(19)20)27(23,24)10-4-11(18)15-12(5-10)22(8-21-15)7-9-2-3-9/h4-6,8-9H,2-3,7H2,1H3,(H3,19,20). The number of nitrogens with two attached hydrogens (primary N) is 1. The summed E-state index contributed by atoms with van der Waals surface area (Å²) in [6.45, 7) is 0.847. The first-order valence-electron chi connectivity index (χ1n) is 8.23. The minimum Gasteiger partial charge on any atom is -0.383 e. The van der Waals surface area contributed by atoms with Gasteiger partial charge in [0.15, 0.2) is 0 Å². The summed E-state index contributed by atoms with van der Waals surface area (Å²) in [4.78, 5) is 4.96. The molecule has 2 aromatic heterocycles. The average molecular weight is 485 g/mol. The minimum absolute atomic E-state index is 0.0869. The molecule has 10 heteroatoms. The van der Waals surface area contributed by atoms with E-state index in [-0.39, 0.29) is 20.5 Å². The van der Waals surface area contributed by atoms with E-state index in [1.54, 1.807) is 24.5 Å². The van der Waals surface area contributed by atoms with Crippen molar-refractivity contribution in [3.8, 4) is 0 Å². The number of thiophene rings is 1. The number of benzene rings is 1. The zero-order chi connectivity index (χ0) is 19.3. The van der Waals surface area contributed by atoms with Crippen molar-refractivity contribution in [2.75, 3.05) is 6.26 Å². The Balaban J connectivity index is 1.88. The largest absolute Gasteiger partial charge is 0.383 e. The van der Waals surface area contributed by atoms with Crippen LogP contribution in [-0.2, 0) is 16.4 Å². The predicted octanol–water partition coefficient (Wildman–Crippen LogP) is 4.11. The highest BCUT2D eigenvalue weighted by molar-refractivity contribution is 9.10. The number of amidine groups is 1. The van der Waals surface area contributed by atoms with Gasteiger partial charge in [0.2, 0.25) is 9.84 Å². The van der Waals surface area contributed by atoms with Crippen LogP contribution in [0.4, 0.5) is 0 Å². The van der Waals surface area contributed by atoms with Crippen molar-refractivity contribution >= 4 is 65.7 Å². The fraction of sp³-hybridized carbons (Fsp3) is 0.294. The summed E-state index contributed by atoms with van der Waals surface area (Å²) in [7, 11) is -3.82. The van der Waals surface area contributed by atoms with Gasteiger partial charge in [0.25, 0.3) is 0 Å². The third kappa shape index (κ3) is 3.43. The van der Waals surface area contributed by atoms with Gasteiger partial charge in [-0.25, -0.2) is 13.4 Å². The second-order valence-corrected chi connectivity index (χ2v) is 11.4. The Kier molecular flexibility index (Phi) is 4.86. The van der Waals surface area contributed by atoms with Gasteiger partial charge in [-0.05, 0) is 59.1 Å². The van der Waals surface area contributed by atoms with Gasteiger partial charge in [-0.2, -0.15) is 0 Å². The molecule has 1 fully saturated rings. The number of thioether (sulfide) groups is 1. The number of nitrogen functional groups attached to an aromatic ring is 1. The summed E-state index contributed by atoms with van der Waals surface area (Å²) in [6, 6.07) is 4.85. The van der Waals surface area contributed by atoms with E-state index in [0.29, 0.717) is 10.4 Å². The lowest BCUT2D eigenvalue weighted by atomic mass is 10.3. The molecule has 0 spiro atoms. The summed E-state index contributed by atoms with van der Waals surface area (Å²) in [5.74, 6) is 0.407. The van der Waals surface area contributed by atoms with Gasteiger partial charge < -0.3 is 10.3 Å². The molecule has 1 aromatic carbocycles. The fourth-order valence-electron chi connectivity index (χ4n) is 2.94. The first-order chi connectivity index (χ1) is 12.8. The van der Waals surface area contributed by atoms with Gasteiger partial charge >= 0.3 is 0 Å². The maximum absolute atomic E-state index is 13.3. The number of hydrogen-bond acceptors (Lipinski definition) is 6. The van der Waals surface area contributed by atoms with E-state index in [2.05, 4.69) is 20.9 Å². The normalized spacial score (nSPS) is 14.7. The van der Waals surface area contributed by atoms with Gasteiger partial charge in [-0.15, -0.1) is 23.1 Å². The molecule has 1 aliphatic carbocycles. The Bertz CT molecular complexity index is 1160. The molecule has 6 nitrogen and oxygen atoms in total. The van der Waals surface area contributed by atoms with Crippen LogP contribution in [0.25, 0.3) is 11.0 Å². The van der Waals surface area contributed by atoms with Gasteiger partial charge in [-0.3, -0.25) is 5.41 Å². The number of sulfone groups is 1. The second-order valence-electron chi connectivity index (χ2n) is 6.49. The van der Waals surface area contributed by atoms with Crippen molar-refractivity contribution < 1.29 is 8.42 Å². The van der Waals surface area contributed by atoms with Crippen LogP contribution in [0.5, 0.6) is 0 Å². The van der Waals surface area contributed by atoms with Crippen LogP contribution in [-0.4, -0.2) is 30.1 Å². The minimum atomic E-state index is -3.82. The molecule has 27 heavy (non-hydrogen) atoms. The molecule has 0 radical (unpaired) electrons. The van der Waals surface area contributed by atoms with E-state index in [0.717, 1.165) is 21.8 Å². The first-order valence-corrected chi connectivity index (χ1v) is 12.5. The van der Waals surface area contributed by atoms with Gasteiger partial charge in [0.05, 0.1) is 30.7 Å². The van der Waals surface area contributed by atoms with Crippen LogP contribution in [0.2, 0.25) is 0 Å². The number of nitrogens with zero attached hydrogens (tertiary/aromatic N) is 2. The van der Waals surface area contributed by atoms with Gasteiger partial charge in [0.1, 0.15) is 11.4 Å². The van der Waals surface area contributed by atoms with Crippen molar-refractivity contribution in [3.05, 3.63) is 33.9 Å². The summed E-state index contributed by atoms with van der Waals surface area (Å²) in [5, 5.41) is 7.76. The van der Waals surface area contributed by atoms with E-state index in [1.807, 2.05) is 10.8 Å². The molecule has 3 N–H and O–H groups in total. The highest BCUT2D eigenvalue weighted by Crippen LogP contribution is 2.38. The Morgan fingerprint density at radius 1 is 1.44 bits per heavy atom. The predicted molar refractivity (Wildman–Crippen MR) is 113 cm³/mol. The molecule has 0 aliphatic heterocycles. The zero-order valence-corrected chi connectivity index (χ0v) is 18.4. The molecule has 0 saturated heterocycles. The molecule has 2 heterocycles. The van der Waals surface area contributed by atoms with Crippen molar-refractivity contribution in [1.29, 1.82) is 5.41 Å². The lowest BCUT2D eigenvalue weighted by Crippen LogP contribution is -2.14. The summed E-state index contributed by atoms with van der Waals surface area (Å²) >= 11 is 6.12. The monoisotopic (exact) mass is 484 g/mol. The van der Waals surface area contributed by atoms with Crippen molar-refractivity contribution in [3.63, 3.8) is 0 Å². The Morgan fingerprint density at radius 2 is 2.19 bits per heavy atom. The van der Waals surface area contributed by atoms with Crippen LogP contribution >= 0.6 is 39.0 Å². The van der Waals surface area contributed by atoms with Crippen LogP contribution < -0.4 is 5.73 Å². The third-order valence-electron chi connectivity index (χ3n) is 4.53. The Morgan fingerprint density at radius 3 is 2.81 bits per heavy atom. The Hall–Kier alpha value is -1.36. The first kappa shape index (κ1) is 19.0. The molecule has 3 aromatic rings. The summed E-state index contributed by atoms with van der Waals surface area (Å²) in [5.41, 5.74) is 7.18. The molecule has 142 valence electrons. The number of imidazole rings is 1. The van der Waals surface area contributed by atoms with E-state index in [9.17, 15) is 8.42 Å². The van der Waals surface area contributed by atoms with E-state index < -0.39 is 9.84 Å². The number of fused-ring (bicyclic) bond motifs is 1. The van der Waals surface area contributed by atoms with Crippen molar-refractivity contribution in [2.45, 2.75) is 33.4 Å². The molecular formula is C17H17BrN4O2S3. The van der Waals surface area contributed by atoms with Crippen molar-refractivity contribution in [1.82, 2.24) is 9.55 Å². The quantitative estimate of drug-likeness (QED) is 0.311. The van der Waals surface area contributed by atoms with Crippen LogP contribution in [0, 0.1) is 11.3 Å². The second kappa shape index (κ2) is 6.91. The average Bonchev–Trinajstić information content (AvgIpc) is 3.17. The van der Waals surface area contributed by atoms with Crippen LogP contribution in [0.3, 0.4) is 0 Å². The molecule has 1 aliphatic rings. The van der Waals surface area contributed by atoms with E-state index in [1.165, 1.54) is 35.9 Å². The SMILES string of the molecule is CSc1cc(S(=O)(=O)c2cc(Br)c3ncn(CC4CC4)c3c2)c(C(=N)N)s1. The van der Waals surface area contributed by atoms with Crippen LogP contribution in [0.1, 0.15) is 17.7 Å². The van der Waals surface area contributed by atoms with Gasteiger partial charge in [0, 0.05) is 11.0 Å². The Labute approximate surface area is 173 Å². The van der Waals surface area contributed by atoms with Crippen molar-refractivity contribution in [2.24, 2.45) is 11.7 Å². The molecule has 4 rings (SSSR count). The molecule has 1 saturated carbocycles. The highest BCUT2D eigenvalue weighted by Gasteiger charge is 2.28. The number of rotatable bonds is 6. The number of halogens is 1. The maximum Gasteiger partial charge on any atom is 0.208 e. The topological polar surface area (TPSA) is 102 Å². The molecule has 0 amide bonds. The lowest BCUT2D eigenvalue weighted by molar-refractivity contribution is 0.596. The fourth-order valence-corrected chi connectivity index (χ4v) is 7.14. The highest BCUT2D eigenvalue weighted by atomic mass is 79.9.